The van der Waals surface area contributed by atoms with Crippen molar-refractivity contribution < 1.29 is 24.1 Å². The second-order valence-corrected chi connectivity index (χ2v) is 20.0. The number of methoxy groups -OCH3 is 2. The van der Waals surface area contributed by atoms with Crippen LogP contribution in [0.2, 0.25) is 18.6 Å². The van der Waals surface area contributed by atoms with Crippen molar-refractivity contribution in [1.29, 1.82) is 0 Å². The number of aliphatic hydroxyl groups excluding tert-OH is 1. The summed E-state index contributed by atoms with van der Waals surface area (Å²) in [4.78, 5) is 30.2. The summed E-state index contributed by atoms with van der Waals surface area (Å²) >= 11 is 3.70. The summed E-state index contributed by atoms with van der Waals surface area (Å²) in [6.07, 6.45) is 4.38. The van der Waals surface area contributed by atoms with Gasteiger partial charge in [0.1, 0.15) is 5.75 Å². The number of benzene rings is 3. The molecule has 1 N–H and O–H groups in total. The number of hydrogen-bond acceptors (Lipinski definition) is 8. The van der Waals surface area contributed by atoms with E-state index in [0.717, 1.165) is 32.7 Å². The first-order valence-corrected chi connectivity index (χ1v) is 21.7. The molecule has 1 amide bonds. The van der Waals surface area contributed by atoms with Gasteiger partial charge in [-0.1, -0.05) is 70.6 Å². The Bertz CT molecular complexity index is 2190. The van der Waals surface area contributed by atoms with Crippen molar-refractivity contribution in [1.82, 2.24) is 19.6 Å². The Labute approximate surface area is 318 Å². The molecule has 1 fully saturated rings. The average Bonchev–Trinajstić information content (AvgIpc) is 3.80. The van der Waals surface area contributed by atoms with Gasteiger partial charge in [0, 0.05) is 53.6 Å². The number of hydrogen-bond donors (Lipinski definition) is 1. The molecule has 2 aromatic heterocycles. The first kappa shape index (κ1) is 36.8. The van der Waals surface area contributed by atoms with Crippen LogP contribution >= 0.6 is 15.9 Å². The van der Waals surface area contributed by atoms with Crippen molar-refractivity contribution in [3.8, 4) is 17.2 Å². The summed E-state index contributed by atoms with van der Waals surface area (Å²) in [7, 11) is 0.799. The normalized spacial score (nSPS) is 21.0. The molecule has 53 heavy (non-hydrogen) atoms. The van der Waals surface area contributed by atoms with E-state index in [-0.39, 0.29) is 41.4 Å². The maximum atomic E-state index is 15.3. The molecule has 1 spiro atoms. The van der Waals surface area contributed by atoms with E-state index in [2.05, 4.69) is 58.4 Å². The summed E-state index contributed by atoms with van der Waals surface area (Å²) in [5.41, 5.74) is 2.50. The van der Waals surface area contributed by atoms with Gasteiger partial charge < -0.3 is 24.2 Å². The van der Waals surface area contributed by atoms with Gasteiger partial charge in [-0.05, 0) is 72.1 Å². The highest BCUT2D eigenvalue weighted by atomic mass is 79.9. The van der Waals surface area contributed by atoms with Gasteiger partial charge in [-0.3, -0.25) is 18.8 Å². The number of carbonyl (C=O) groups excluding carboxylic acids is 1. The van der Waals surface area contributed by atoms with Crippen LogP contribution in [0.1, 0.15) is 30.2 Å². The third kappa shape index (κ3) is 6.53. The lowest BCUT2D eigenvalue weighted by Crippen LogP contribution is -2.51. The minimum atomic E-state index is -2.35. The van der Waals surface area contributed by atoms with Crippen molar-refractivity contribution in [3.05, 3.63) is 123 Å². The van der Waals surface area contributed by atoms with Gasteiger partial charge in [0.25, 0.3) is 11.5 Å². The first-order valence-electron chi connectivity index (χ1n) is 17.8. The number of halogens is 1. The van der Waals surface area contributed by atoms with Crippen LogP contribution in [0, 0.1) is 5.92 Å². The number of fused-ring (bicyclic) bond motifs is 2. The smallest absolute Gasteiger partial charge is 0.297 e. The van der Waals surface area contributed by atoms with E-state index in [0.29, 0.717) is 31.6 Å². The molecule has 0 unspecified atom stereocenters. The number of ether oxygens (including phenoxy) is 3. The predicted molar refractivity (Wildman–Crippen MR) is 209 cm³/mol. The minimum Gasteiger partial charge on any atom is -0.497 e. The van der Waals surface area contributed by atoms with E-state index in [1.54, 1.807) is 34.7 Å². The summed E-state index contributed by atoms with van der Waals surface area (Å²) in [5.74, 6) is 0.776. The number of carbonyl (C=O) groups is 1. The van der Waals surface area contributed by atoms with E-state index >= 15 is 4.79 Å². The third-order valence-corrected chi connectivity index (χ3v) is 15.9. The van der Waals surface area contributed by atoms with Crippen molar-refractivity contribution in [2.75, 3.05) is 25.7 Å². The standard InChI is InChI=1S/C40H44BrN5O6Si/c1-26-37(53(4,5)32-14-12-31(50-2)13-15-32)35(17-20-44-25-29(18-21-47)42-43-44)52-40(26)33-23-28(41)11-16-34(33)46(39(40)49)24-27-8-6-9-30(22-27)45-19-7-10-36(51-3)38(45)48/h6-16,19,22-23,25-26,35,37,47H,17-18,20-21,24H2,1-5H3/t26-,35+,37-,40+/m0/s1. The molecule has 3 aromatic carbocycles. The number of anilines is 1. The van der Waals surface area contributed by atoms with Gasteiger partial charge in [0.2, 0.25) is 0 Å². The molecule has 4 atom stereocenters. The molecule has 0 radical (unpaired) electrons. The zero-order valence-corrected chi connectivity index (χ0v) is 33.1. The van der Waals surface area contributed by atoms with E-state index in [1.165, 1.54) is 12.3 Å². The molecule has 1 saturated heterocycles. The fraction of sp³-hybridized carbons (Fsp3) is 0.350. The lowest BCUT2D eigenvalue weighted by atomic mass is 9.82. The topological polar surface area (TPSA) is 121 Å². The molecule has 276 valence electrons. The third-order valence-electron chi connectivity index (χ3n) is 11.1. The second kappa shape index (κ2) is 14.7. The fourth-order valence-corrected chi connectivity index (χ4v) is 12.9. The van der Waals surface area contributed by atoms with Crippen molar-refractivity contribution in [2.45, 2.75) is 63.2 Å². The van der Waals surface area contributed by atoms with Crippen molar-refractivity contribution in [3.63, 3.8) is 0 Å². The molecule has 0 bridgehead atoms. The summed E-state index contributed by atoms with van der Waals surface area (Å²) < 4.78 is 22.3. The van der Waals surface area contributed by atoms with Gasteiger partial charge in [0.15, 0.2) is 11.4 Å². The Hall–Kier alpha value is -4.56. The second-order valence-electron chi connectivity index (χ2n) is 14.4. The Morgan fingerprint density at radius 2 is 1.79 bits per heavy atom. The Morgan fingerprint density at radius 1 is 1.00 bits per heavy atom. The summed E-state index contributed by atoms with van der Waals surface area (Å²) in [6.45, 7) is 7.76. The monoisotopic (exact) mass is 797 g/mol. The molecule has 2 aliphatic heterocycles. The lowest BCUT2D eigenvalue weighted by Gasteiger charge is -2.37. The number of rotatable bonds is 12. The van der Waals surface area contributed by atoms with Crippen LogP contribution in [-0.2, 0) is 34.6 Å². The Balaban J connectivity index is 1.28. The van der Waals surface area contributed by atoms with Crippen LogP contribution in [-0.4, -0.2) is 65.6 Å². The molecule has 5 aromatic rings. The highest BCUT2D eigenvalue weighted by Crippen LogP contribution is 2.60. The maximum absolute atomic E-state index is 15.3. The molecule has 13 heteroatoms. The van der Waals surface area contributed by atoms with Crippen LogP contribution in [0.25, 0.3) is 5.69 Å². The van der Waals surface area contributed by atoms with Gasteiger partial charge in [-0.25, -0.2) is 0 Å². The van der Waals surface area contributed by atoms with Crippen LogP contribution in [0.15, 0.2) is 101 Å². The van der Waals surface area contributed by atoms with Gasteiger partial charge in [0.05, 0.1) is 46.3 Å². The summed E-state index contributed by atoms with van der Waals surface area (Å²) in [6, 6.07) is 25.4. The fourth-order valence-electron chi connectivity index (χ4n) is 8.47. The average molecular weight is 799 g/mol. The van der Waals surface area contributed by atoms with E-state index in [1.807, 2.05) is 65.7 Å². The van der Waals surface area contributed by atoms with Gasteiger partial charge in [-0.15, -0.1) is 5.10 Å². The number of pyridine rings is 1. The Morgan fingerprint density at radius 3 is 2.53 bits per heavy atom. The zero-order valence-electron chi connectivity index (χ0n) is 30.5. The molecule has 7 rings (SSSR count). The molecule has 4 heterocycles. The van der Waals surface area contributed by atoms with Crippen LogP contribution < -0.4 is 25.1 Å². The molecule has 2 aliphatic rings. The van der Waals surface area contributed by atoms with E-state index < -0.39 is 13.7 Å². The predicted octanol–water partition coefficient (Wildman–Crippen LogP) is 5.60. The highest BCUT2D eigenvalue weighted by molar-refractivity contribution is 9.10. The summed E-state index contributed by atoms with van der Waals surface area (Å²) in [5, 5.41) is 19.2. The number of nitrogens with zero attached hydrogens (tertiary/aromatic N) is 5. The van der Waals surface area contributed by atoms with Crippen LogP contribution in [0.4, 0.5) is 5.69 Å². The van der Waals surface area contributed by atoms with E-state index in [4.69, 9.17) is 14.2 Å². The number of aryl methyl sites for hydroxylation is 1. The zero-order chi connectivity index (χ0) is 37.5. The quantitative estimate of drug-likeness (QED) is 0.162. The molecule has 11 nitrogen and oxygen atoms in total. The molecule has 0 aliphatic carbocycles. The number of amides is 1. The largest absolute Gasteiger partial charge is 0.497 e. The van der Waals surface area contributed by atoms with Crippen molar-refractivity contribution in [2.24, 2.45) is 5.92 Å². The van der Waals surface area contributed by atoms with Crippen LogP contribution in [0.3, 0.4) is 0 Å². The Kier molecular flexibility index (Phi) is 10.2. The van der Waals surface area contributed by atoms with Gasteiger partial charge >= 0.3 is 0 Å². The van der Waals surface area contributed by atoms with Crippen LogP contribution in [0.5, 0.6) is 11.5 Å². The number of aromatic nitrogens is 4. The highest BCUT2D eigenvalue weighted by Gasteiger charge is 2.66. The van der Waals surface area contributed by atoms with E-state index in [9.17, 15) is 9.90 Å². The minimum absolute atomic E-state index is 0.00554. The molecular weight excluding hydrogens is 754 g/mol. The maximum Gasteiger partial charge on any atom is 0.297 e. The number of aliphatic hydroxyl groups is 1. The van der Waals surface area contributed by atoms with Crippen molar-refractivity contribution >= 4 is 40.8 Å². The lowest BCUT2D eigenvalue weighted by molar-refractivity contribution is -0.146. The molecule has 0 saturated carbocycles. The first-order chi connectivity index (χ1) is 25.5. The molecular formula is C40H44BrN5O6Si. The SMILES string of the molecule is COc1ccc([Si](C)(C)[C@@H]2[C@@H](CCn3cc(CCO)nn3)O[C@]3(C(=O)N(Cc4cccc(-n5cccc(OC)c5=O)c4)c4ccc(Br)cc43)[C@H]2C)cc1. The van der Waals surface area contributed by atoms with Gasteiger partial charge in [-0.2, -0.15) is 0 Å².